The molecular weight excluding hydrogens is 222 g/mol. The molecule has 2 atom stereocenters. The fraction of sp³-hybridized carbons (Fsp3) is 0.800. The van der Waals surface area contributed by atoms with Gasteiger partial charge in [-0.3, -0.25) is 0 Å². The number of hydrogen-bond acceptors (Lipinski definition) is 2. The van der Waals surface area contributed by atoms with Crippen LogP contribution in [0.2, 0.25) is 0 Å². The van der Waals surface area contributed by atoms with Gasteiger partial charge in [0, 0.05) is 30.4 Å². The molecule has 18 heavy (non-hydrogen) atoms. The van der Waals surface area contributed by atoms with Crippen LogP contribution in [-0.4, -0.2) is 16.1 Å². The Morgan fingerprint density at radius 3 is 2.28 bits per heavy atom. The van der Waals surface area contributed by atoms with Crippen LogP contribution in [0.4, 0.5) is 0 Å². The first-order chi connectivity index (χ1) is 8.56. The lowest BCUT2D eigenvalue weighted by atomic mass is 9.90. The summed E-state index contributed by atoms with van der Waals surface area (Å²) >= 11 is 0. The predicted octanol–water partition coefficient (Wildman–Crippen LogP) is 3.58. The number of nitrogens with zero attached hydrogens (tertiary/aromatic N) is 2. The Morgan fingerprint density at radius 1 is 1.22 bits per heavy atom. The van der Waals surface area contributed by atoms with Gasteiger partial charge >= 0.3 is 0 Å². The molecule has 1 rings (SSSR count). The fourth-order valence-corrected chi connectivity index (χ4v) is 2.87. The van der Waals surface area contributed by atoms with Crippen molar-refractivity contribution in [2.75, 3.05) is 6.54 Å². The molecule has 0 fully saturated rings. The zero-order valence-electron chi connectivity index (χ0n) is 12.6. The van der Waals surface area contributed by atoms with E-state index < -0.39 is 0 Å². The van der Waals surface area contributed by atoms with Crippen molar-refractivity contribution in [2.24, 2.45) is 17.6 Å². The first-order valence-electron chi connectivity index (χ1n) is 7.28. The van der Waals surface area contributed by atoms with Crippen LogP contribution in [0.1, 0.15) is 65.1 Å². The highest BCUT2D eigenvalue weighted by Gasteiger charge is 2.23. The van der Waals surface area contributed by atoms with Gasteiger partial charge in [0.05, 0.1) is 6.33 Å². The van der Waals surface area contributed by atoms with E-state index in [1.807, 2.05) is 12.5 Å². The summed E-state index contributed by atoms with van der Waals surface area (Å²) in [5.74, 6) is 1.67. The molecule has 2 unspecified atom stereocenters. The monoisotopic (exact) mass is 251 g/mol. The second-order valence-corrected chi connectivity index (χ2v) is 5.63. The van der Waals surface area contributed by atoms with Gasteiger partial charge in [-0.1, -0.05) is 40.5 Å². The highest BCUT2D eigenvalue weighted by atomic mass is 15.1. The summed E-state index contributed by atoms with van der Waals surface area (Å²) in [4.78, 5) is 4.35. The van der Waals surface area contributed by atoms with Crippen molar-refractivity contribution in [3.63, 3.8) is 0 Å². The summed E-state index contributed by atoms with van der Waals surface area (Å²) in [5, 5.41) is 0. The van der Waals surface area contributed by atoms with Crippen LogP contribution in [0.15, 0.2) is 12.5 Å². The van der Waals surface area contributed by atoms with E-state index in [0.29, 0.717) is 30.3 Å². The zero-order valence-corrected chi connectivity index (χ0v) is 12.6. The van der Waals surface area contributed by atoms with Crippen LogP contribution in [0.3, 0.4) is 0 Å². The summed E-state index contributed by atoms with van der Waals surface area (Å²) in [6.07, 6.45) is 6.40. The van der Waals surface area contributed by atoms with Gasteiger partial charge in [0.15, 0.2) is 0 Å². The molecule has 0 aromatic carbocycles. The molecule has 104 valence electrons. The van der Waals surface area contributed by atoms with Crippen LogP contribution >= 0.6 is 0 Å². The van der Waals surface area contributed by atoms with E-state index in [-0.39, 0.29) is 0 Å². The van der Waals surface area contributed by atoms with Gasteiger partial charge in [-0.15, -0.1) is 0 Å². The second-order valence-electron chi connectivity index (χ2n) is 5.63. The molecule has 0 aliphatic rings. The van der Waals surface area contributed by atoms with E-state index in [9.17, 15) is 0 Å². The minimum Gasteiger partial charge on any atom is -0.331 e. The van der Waals surface area contributed by atoms with Crippen molar-refractivity contribution < 1.29 is 0 Å². The van der Waals surface area contributed by atoms with Gasteiger partial charge in [0.1, 0.15) is 0 Å². The normalized spacial score (nSPS) is 15.3. The molecule has 0 bridgehead atoms. The van der Waals surface area contributed by atoms with Crippen LogP contribution < -0.4 is 5.73 Å². The Bertz CT molecular complexity index is 339. The van der Waals surface area contributed by atoms with Crippen molar-refractivity contribution in [2.45, 2.75) is 59.4 Å². The maximum absolute atomic E-state index is 5.93. The highest BCUT2D eigenvalue weighted by molar-refractivity contribution is 5.09. The third-order valence-electron chi connectivity index (χ3n) is 4.30. The molecule has 1 aromatic rings. The van der Waals surface area contributed by atoms with Gasteiger partial charge in [-0.2, -0.15) is 0 Å². The van der Waals surface area contributed by atoms with Crippen LogP contribution in [0.25, 0.3) is 0 Å². The molecule has 0 saturated heterocycles. The lowest BCUT2D eigenvalue weighted by molar-refractivity contribution is 0.317. The SMILES string of the molecule is CCC(CC)C(C)n1cncc1C(CN)C(C)C. The summed E-state index contributed by atoms with van der Waals surface area (Å²) in [6, 6.07) is 0.505. The minimum absolute atomic E-state index is 0.407. The fourth-order valence-electron chi connectivity index (χ4n) is 2.87. The Balaban J connectivity index is 3.00. The van der Waals surface area contributed by atoms with Gasteiger partial charge in [-0.05, 0) is 18.8 Å². The Morgan fingerprint density at radius 2 is 1.83 bits per heavy atom. The number of aromatic nitrogens is 2. The lowest BCUT2D eigenvalue weighted by Crippen LogP contribution is -2.24. The minimum atomic E-state index is 0.407. The third-order valence-corrected chi connectivity index (χ3v) is 4.30. The van der Waals surface area contributed by atoms with Crippen LogP contribution in [0.5, 0.6) is 0 Å². The quantitative estimate of drug-likeness (QED) is 0.805. The molecule has 0 radical (unpaired) electrons. The van der Waals surface area contributed by atoms with Gasteiger partial charge in [-0.25, -0.2) is 4.98 Å². The van der Waals surface area contributed by atoms with Crippen molar-refractivity contribution >= 4 is 0 Å². The van der Waals surface area contributed by atoms with Crippen molar-refractivity contribution in [1.29, 1.82) is 0 Å². The average Bonchev–Trinajstić information content (AvgIpc) is 2.80. The molecule has 0 amide bonds. The molecule has 2 N–H and O–H groups in total. The van der Waals surface area contributed by atoms with E-state index in [4.69, 9.17) is 5.73 Å². The van der Waals surface area contributed by atoms with Crippen molar-refractivity contribution in [3.8, 4) is 0 Å². The molecule has 1 heterocycles. The van der Waals surface area contributed by atoms with Crippen LogP contribution in [0, 0.1) is 11.8 Å². The predicted molar refractivity (Wildman–Crippen MR) is 77.6 cm³/mol. The Kier molecular flexibility index (Phi) is 5.86. The molecule has 0 aliphatic carbocycles. The molecule has 0 spiro atoms. The van der Waals surface area contributed by atoms with Crippen molar-refractivity contribution in [3.05, 3.63) is 18.2 Å². The topological polar surface area (TPSA) is 43.8 Å². The molecule has 0 aliphatic heterocycles. The van der Waals surface area contributed by atoms with Gasteiger partial charge in [0.2, 0.25) is 0 Å². The molecule has 3 heteroatoms. The number of rotatable bonds is 7. The largest absolute Gasteiger partial charge is 0.331 e. The van der Waals surface area contributed by atoms with Gasteiger partial charge < -0.3 is 10.3 Å². The van der Waals surface area contributed by atoms with E-state index in [0.717, 1.165) is 0 Å². The summed E-state index contributed by atoms with van der Waals surface area (Å²) in [7, 11) is 0. The average molecular weight is 251 g/mol. The third kappa shape index (κ3) is 3.14. The molecule has 3 nitrogen and oxygen atoms in total. The lowest BCUT2D eigenvalue weighted by Gasteiger charge is -2.28. The second kappa shape index (κ2) is 6.93. The summed E-state index contributed by atoms with van der Waals surface area (Å²) in [6.45, 7) is 12.0. The van der Waals surface area contributed by atoms with E-state index in [1.165, 1.54) is 18.5 Å². The number of imidazole rings is 1. The smallest absolute Gasteiger partial charge is 0.0950 e. The number of nitrogens with two attached hydrogens (primary N) is 1. The highest BCUT2D eigenvalue weighted by Crippen LogP contribution is 2.30. The first-order valence-corrected chi connectivity index (χ1v) is 7.28. The zero-order chi connectivity index (χ0) is 13.7. The first kappa shape index (κ1) is 15.2. The van der Waals surface area contributed by atoms with E-state index >= 15 is 0 Å². The molecule has 1 aromatic heterocycles. The standard InChI is InChI=1S/C15H29N3/c1-6-13(7-2)12(5)18-10-17-9-15(18)14(8-16)11(3)4/h9-14H,6-8,16H2,1-5H3. The molecular formula is C15H29N3. The maximum atomic E-state index is 5.93. The van der Waals surface area contributed by atoms with Crippen molar-refractivity contribution in [1.82, 2.24) is 9.55 Å². The molecule has 0 saturated carbocycles. The van der Waals surface area contributed by atoms with E-state index in [2.05, 4.69) is 44.2 Å². The maximum Gasteiger partial charge on any atom is 0.0950 e. The number of hydrogen-bond donors (Lipinski definition) is 1. The Hall–Kier alpha value is -0.830. The Labute approximate surface area is 112 Å². The summed E-state index contributed by atoms with van der Waals surface area (Å²) in [5.41, 5.74) is 7.23. The van der Waals surface area contributed by atoms with Crippen LogP contribution in [-0.2, 0) is 0 Å². The summed E-state index contributed by atoms with van der Waals surface area (Å²) < 4.78 is 2.34. The van der Waals surface area contributed by atoms with E-state index in [1.54, 1.807) is 0 Å². The van der Waals surface area contributed by atoms with Gasteiger partial charge in [0.25, 0.3) is 0 Å².